The number of amides is 1. The van der Waals surface area contributed by atoms with Crippen LogP contribution in [-0.4, -0.2) is 24.7 Å². The minimum atomic E-state index is -4.45. The van der Waals surface area contributed by atoms with Gasteiger partial charge < -0.3 is 10.6 Å². The maximum Gasteiger partial charge on any atom is 0.405 e. The Balaban J connectivity index is 2.59. The molecule has 2 N–H and O–H groups in total. The minimum Gasteiger partial charge on any atom is -0.373 e. The topological polar surface area (TPSA) is 41.1 Å². The van der Waals surface area contributed by atoms with Crippen LogP contribution in [0, 0.1) is 5.82 Å². The molecular weight excluding hydrogens is 332 g/mol. The van der Waals surface area contributed by atoms with Crippen molar-refractivity contribution in [1.82, 2.24) is 5.32 Å². The van der Waals surface area contributed by atoms with Crippen LogP contribution >= 0.6 is 15.9 Å². The second kappa shape index (κ2) is 6.23. The van der Waals surface area contributed by atoms with E-state index in [0.717, 1.165) is 0 Å². The highest BCUT2D eigenvalue weighted by molar-refractivity contribution is 9.10. The number of hydrogen-bond donors (Lipinski definition) is 2. The molecule has 0 heterocycles. The van der Waals surface area contributed by atoms with Crippen LogP contribution in [0.5, 0.6) is 0 Å². The molecule has 1 aromatic rings. The van der Waals surface area contributed by atoms with E-state index in [1.54, 1.807) is 5.32 Å². The Morgan fingerprint density at radius 2 is 2.05 bits per heavy atom. The molecule has 0 fully saturated rings. The van der Waals surface area contributed by atoms with Crippen molar-refractivity contribution >= 4 is 27.5 Å². The minimum absolute atomic E-state index is 0.378. The number of hydrogen-bond acceptors (Lipinski definition) is 2. The number of anilines is 1. The van der Waals surface area contributed by atoms with E-state index in [-0.39, 0.29) is 0 Å². The highest BCUT2D eigenvalue weighted by Crippen LogP contribution is 2.23. The van der Waals surface area contributed by atoms with Crippen molar-refractivity contribution in [2.45, 2.75) is 19.1 Å². The Kier molecular flexibility index (Phi) is 5.16. The monoisotopic (exact) mass is 342 g/mol. The number of carbonyl (C=O) groups is 1. The second-order valence-electron chi connectivity index (χ2n) is 3.82. The molecule has 3 nitrogen and oxygen atoms in total. The molecule has 1 atom stereocenters. The first-order chi connectivity index (χ1) is 8.69. The van der Waals surface area contributed by atoms with Gasteiger partial charge in [0.1, 0.15) is 18.4 Å². The summed E-state index contributed by atoms with van der Waals surface area (Å²) in [5.41, 5.74) is 0.413. The van der Waals surface area contributed by atoms with Crippen LogP contribution in [0.2, 0.25) is 0 Å². The van der Waals surface area contributed by atoms with Gasteiger partial charge in [0.15, 0.2) is 0 Å². The molecule has 1 unspecified atom stereocenters. The predicted molar refractivity (Wildman–Crippen MR) is 66.2 cm³/mol. The number of rotatable bonds is 4. The molecule has 0 aromatic heterocycles. The van der Waals surface area contributed by atoms with Gasteiger partial charge in [0.2, 0.25) is 5.91 Å². The molecule has 1 amide bonds. The molecule has 0 bridgehead atoms. The van der Waals surface area contributed by atoms with Gasteiger partial charge in [-0.2, -0.15) is 13.2 Å². The van der Waals surface area contributed by atoms with Gasteiger partial charge in [0.05, 0.1) is 0 Å². The van der Waals surface area contributed by atoms with E-state index >= 15 is 0 Å². The van der Waals surface area contributed by atoms with Gasteiger partial charge >= 0.3 is 6.18 Å². The first-order valence-electron chi connectivity index (χ1n) is 5.25. The average molecular weight is 343 g/mol. The van der Waals surface area contributed by atoms with E-state index in [1.165, 1.54) is 25.1 Å². The summed E-state index contributed by atoms with van der Waals surface area (Å²) in [6.45, 7) is 0.0178. The molecule has 0 aliphatic rings. The molecule has 19 heavy (non-hydrogen) atoms. The fourth-order valence-corrected chi connectivity index (χ4v) is 1.71. The van der Waals surface area contributed by atoms with E-state index in [0.29, 0.717) is 10.2 Å². The summed E-state index contributed by atoms with van der Waals surface area (Å²) in [6.07, 6.45) is -4.45. The van der Waals surface area contributed by atoms with Gasteiger partial charge in [0.25, 0.3) is 0 Å². The summed E-state index contributed by atoms with van der Waals surface area (Å²) in [4.78, 5) is 11.4. The number of alkyl halides is 3. The lowest BCUT2D eigenvalue weighted by Crippen LogP contribution is -2.42. The smallest absolute Gasteiger partial charge is 0.373 e. The van der Waals surface area contributed by atoms with Gasteiger partial charge in [-0.05, 0) is 41.1 Å². The van der Waals surface area contributed by atoms with Crippen molar-refractivity contribution in [3.63, 3.8) is 0 Å². The molecule has 0 saturated carbocycles. The Morgan fingerprint density at radius 3 is 2.58 bits per heavy atom. The summed E-state index contributed by atoms with van der Waals surface area (Å²) in [5.74, 6) is -1.26. The fourth-order valence-electron chi connectivity index (χ4n) is 1.25. The summed E-state index contributed by atoms with van der Waals surface area (Å²) in [7, 11) is 0. The zero-order valence-electron chi connectivity index (χ0n) is 9.81. The first kappa shape index (κ1) is 15.7. The van der Waals surface area contributed by atoms with Gasteiger partial charge in [-0.1, -0.05) is 0 Å². The van der Waals surface area contributed by atoms with Crippen LogP contribution in [0.1, 0.15) is 6.92 Å². The average Bonchev–Trinajstić information content (AvgIpc) is 2.28. The van der Waals surface area contributed by atoms with E-state index < -0.39 is 30.5 Å². The van der Waals surface area contributed by atoms with E-state index in [9.17, 15) is 22.4 Å². The second-order valence-corrected chi connectivity index (χ2v) is 4.68. The number of halogens is 5. The largest absolute Gasteiger partial charge is 0.405 e. The van der Waals surface area contributed by atoms with Crippen molar-refractivity contribution in [3.8, 4) is 0 Å². The number of nitrogens with one attached hydrogen (secondary N) is 2. The maximum absolute atomic E-state index is 12.8. The lowest BCUT2D eigenvalue weighted by molar-refractivity contribution is -0.138. The zero-order chi connectivity index (χ0) is 14.6. The highest BCUT2D eigenvalue weighted by Gasteiger charge is 2.28. The molecule has 0 spiro atoms. The molecule has 0 saturated heterocycles. The molecule has 0 aliphatic heterocycles. The van der Waals surface area contributed by atoms with Crippen LogP contribution in [0.4, 0.5) is 23.2 Å². The Hall–Kier alpha value is -1.31. The summed E-state index contributed by atoms with van der Waals surface area (Å²) in [6, 6.07) is 2.85. The maximum atomic E-state index is 12.8. The number of benzene rings is 1. The summed E-state index contributed by atoms with van der Waals surface area (Å²) in [5, 5.41) is 4.44. The lowest BCUT2D eigenvalue weighted by Gasteiger charge is -2.17. The van der Waals surface area contributed by atoms with E-state index in [4.69, 9.17) is 0 Å². The van der Waals surface area contributed by atoms with E-state index in [1.807, 2.05) is 0 Å². The van der Waals surface area contributed by atoms with Crippen LogP contribution < -0.4 is 10.6 Å². The van der Waals surface area contributed by atoms with Crippen molar-refractivity contribution in [1.29, 1.82) is 0 Å². The van der Waals surface area contributed by atoms with Crippen LogP contribution in [0.15, 0.2) is 22.7 Å². The molecule has 0 aliphatic carbocycles. The van der Waals surface area contributed by atoms with Gasteiger partial charge in [-0.15, -0.1) is 0 Å². The van der Waals surface area contributed by atoms with Crippen LogP contribution in [-0.2, 0) is 4.79 Å². The lowest BCUT2D eigenvalue weighted by atomic mass is 10.2. The van der Waals surface area contributed by atoms with Gasteiger partial charge in [-0.25, -0.2) is 4.39 Å². The van der Waals surface area contributed by atoms with Crippen molar-refractivity contribution < 1.29 is 22.4 Å². The number of carbonyl (C=O) groups excluding carboxylic acids is 1. The molecule has 1 rings (SSSR count). The summed E-state index contributed by atoms with van der Waals surface area (Å²) >= 11 is 3.08. The van der Waals surface area contributed by atoms with E-state index in [2.05, 4.69) is 21.2 Å². The third-order valence-electron chi connectivity index (χ3n) is 2.16. The quantitative estimate of drug-likeness (QED) is 0.825. The molecular formula is C11H11BrF4N2O. The molecule has 106 valence electrons. The van der Waals surface area contributed by atoms with Crippen molar-refractivity contribution in [3.05, 3.63) is 28.5 Å². The Morgan fingerprint density at radius 1 is 1.42 bits per heavy atom. The SMILES string of the molecule is CC(Nc1ccc(F)cc1Br)C(=O)NCC(F)(F)F. The first-order valence-corrected chi connectivity index (χ1v) is 6.04. The highest BCUT2D eigenvalue weighted by atomic mass is 79.9. The van der Waals surface area contributed by atoms with Gasteiger partial charge in [0, 0.05) is 10.2 Å². The Bertz CT molecular complexity index is 464. The van der Waals surface area contributed by atoms with Crippen LogP contribution in [0.3, 0.4) is 0 Å². The normalized spacial score (nSPS) is 12.9. The summed E-state index contributed by atoms with van der Waals surface area (Å²) < 4.78 is 49.0. The zero-order valence-corrected chi connectivity index (χ0v) is 11.4. The molecule has 1 aromatic carbocycles. The predicted octanol–water partition coefficient (Wildman–Crippen LogP) is 3.07. The third kappa shape index (κ3) is 5.46. The third-order valence-corrected chi connectivity index (χ3v) is 2.82. The van der Waals surface area contributed by atoms with Crippen LogP contribution in [0.25, 0.3) is 0 Å². The van der Waals surface area contributed by atoms with Crippen molar-refractivity contribution in [2.75, 3.05) is 11.9 Å². The standard InChI is InChI=1S/C11H11BrF4N2O/c1-6(10(19)17-5-11(14,15)16)18-9-3-2-7(13)4-8(9)12/h2-4,6,18H,5H2,1H3,(H,17,19). The molecule has 0 radical (unpaired) electrons. The van der Waals surface area contributed by atoms with Crippen molar-refractivity contribution in [2.24, 2.45) is 0 Å². The fraction of sp³-hybridized carbons (Fsp3) is 0.364. The van der Waals surface area contributed by atoms with Gasteiger partial charge in [-0.3, -0.25) is 4.79 Å². The molecule has 8 heteroatoms. The Labute approximate surface area is 115 Å².